The molecule has 2 fully saturated rings. The number of carbonyl (C=O) groups is 1. The molecule has 1 amide bonds. The van der Waals surface area contributed by atoms with Gasteiger partial charge < -0.3 is 4.90 Å². The van der Waals surface area contributed by atoms with Crippen molar-refractivity contribution in [2.24, 2.45) is 0 Å². The number of hydrazine groups is 1. The zero-order chi connectivity index (χ0) is 22.2. The number of sulfonamides is 1. The molecular weight excluding hydrogens is 480 g/mol. The van der Waals surface area contributed by atoms with E-state index in [0.29, 0.717) is 37.5 Å². The first kappa shape index (κ1) is 22.4. The van der Waals surface area contributed by atoms with E-state index in [1.54, 1.807) is 11.0 Å². The van der Waals surface area contributed by atoms with Gasteiger partial charge in [0.1, 0.15) is 6.04 Å². The van der Waals surface area contributed by atoms with Crippen LogP contribution in [0.3, 0.4) is 0 Å². The first-order valence-electron chi connectivity index (χ1n) is 10.4. The molecule has 2 atom stereocenters. The molecule has 0 aliphatic carbocycles. The van der Waals surface area contributed by atoms with Crippen LogP contribution in [0.2, 0.25) is 0 Å². The minimum Gasteiger partial charge on any atom is -0.339 e. The molecule has 0 saturated carbocycles. The van der Waals surface area contributed by atoms with Crippen LogP contribution in [0.5, 0.6) is 0 Å². The quantitative estimate of drug-likeness (QED) is 0.665. The van der Waals surface area contributed by atoms with Gasteiger partial charge in [-0.1, -0.05) is 45.8 Å². The third-order valence-electron chi connectivity index (χ3n) is 5.97. The molecule has 2 aromatic rings. The molecule has 9 heteroatoms. The standard InChI is InChI=1S/C22H27BrN4O3S/c1-15-3-8-21(16(2)13-15)31(29,30)27-11-9-26(10-12-27)22(28)20-14-19(24-25-20)17-4-6-18(23)7-5-17/h3-8,13,19-20,24-25H,9-12,14H2,1-2H3. The number of nitrogens with one attached hydrogen (secondary N) is 2. The Bertz CT molecular complexity index is 1070. The van der Waals surface area contributed by atoms with Crippen molar-refractivity contribution in [2.75, 3.05) is 26.2 Å². The van der Waals surface area contributed by atoms with Crippen LogP contribution in [0.25, 0.3) is 0 Å². The van der Waals surface area contributed by atoms with Crippen molar-refractivity contribution in [3.63, 3.8) is 0 Å². The largest absolute Gasteiger partial charge is 0.339 e. The van der Waals surface area contributed by atoms with Crippen molar-refractivity contribution < 1.29 is 13.2 Å². The number of rotatable bonds is 4. The molecule has 0 aromatic heterocycles. The fourth-order valence-electron chi connectivity index (χ4n) is 4.23. The molecule has 2 saturated heterocycles. The number of piperazine rings is 1. The van der Waals surface area contributed by atoms with E-state index in [-0.39, 0.29) is 18.0 Å². The van der Waals surface area contributed by atoms with Gasteiger partial charge >= 0.3 is 0 Å². The van der Waals surface area contributed by atoms with E-state index in [1.165, 1.54) is 4.31 Å². The number of carbonyl (C=O) groups excluding carboxylic acids is 1. The Balaban J connectivity index is 1.36. The molecule has 2 aromatic carbocycles. The first-order valence-corrected chi connectivity index (χ1v) is 12.6. The highest BCUT2D eigenvalue weighted by molar-refractivity contribution is 9.10. The second-order valence-corrected chi connectivity index (χ2v) is 11.0. The molecule has 2 aliphatic rings. The molecule has 31 heavy (non-hydrogen) atoms. The lowest BCUT2D eigenvalue weighted by Gasteiger charge is -2.35. The molecule has 0 bridgehead atoms. The maximum atomic E-state index is 13.1. The minimum atomic E-state index is -3.56. The number of benzene rings is 2. The van der Waals surface area contributed by atoms with Gasteiger partial charge in [-0.05, 0) is 49.6 Å². The smallest absolute Gasteiger partial charge is 0.243 e. The van der Waals surface area contributed by atoms with Crippen LogP contribution in [0.15, 0.2) is 51.8 Å². The number of nitrogens with zero attached hydrogens (tertiary/aromatic N) is 2. The summed E-state index contributed by atoms with van der Waals surface area (Å²) in [7, 11) is -3.56. The normalized spacial score (nSPS) is 22.6. The third kappa shape index (κ3) is 4.70. The van der Waals surface area contributed by atoms with Gasteiger partial charge in [-0.15, -0.1) is 0 Å². The summed E-state index contributed by atoms with van der Waals surface area (Å²) in [4.78, 5) is 15.1. The Morgan fingerprint density at radius 3 is 2.32 bits per heavy atom. The average Bonchev–Trinajstić information content (AvgIpc) is 3.24. The summed E-state index contributed by atoms with van der Waals surface area (Å²) in [6.45, 7) is 5.16. The lowest BCUT2D eigenvalue weighted by atomic mass is 10.0. The second kappa shape index (κ2) is 8.99. The molecular formula is C22H27BrN4O3S. The zero-order valence-electron chi connectivity index (χ0n) is 17.6. The summed E-state index contributed by atoms with van der Waals surface area (Å²) < 4.78 is 28.6. The van der Waals surface area contributed by atoms with E-state index in [1.807, 2.05) is 50.2 Å². The predicted octanol–water partition coefficient (Wildman–Crippen LogP) is 2.51. The van der Waals surface area contributed by atoms with Crippen molar-refractivity contribution in [2.45, 2.75) is 37.2 Å². The van der Waals surface area contributed by atoms with Crippen molar-refractivity contribution in [3.8, 4) is 0 Å². The Morgan fingerprint density at radius 2 is 1.68 bits per heavy atom. The number of aryl methyl sites for hydroxylation is 2. The molecule has 2 N–H and O–H groups in total. The van der Waals surface area contributed by atoms with Crippen molar-refractivity contribution >= 4 is 31.9 Å². The van der Waals surface area contributed by atoms with Gasteiger partial charge in [-0.2, -0.15) is 4.31 Å². The summed E-state index contributed by atoms with van der Waals surface area (Å²) in [5.74, 6) is 0.00989. The van der Waals surface area contributed by atoms with Gasteiger partial charge in [-0.3, -0.25) is 4.79 Å². The summed E-state index contributed by atoms with van der Waals surface area (Å²) in [6, 6.07) is 13.2. The zero-order valence-corrected chi connectivity index (χ0v) is 20.0. The van der Waals surface area contributed by atoms with E-state index in [2.05, 4.69) is 26.8 Å². The number of hydrogen-bond acceptors (Lipinski definition) is 5. The summed E-state index contributed by atoms with van der Waals surface area (Å²) in [5, 5.41) is 0. The van der Waals surface area contributed by atoms with Gasteiger partial charge in [0.05, 0.1) is 4.90 Å². The fourth-order valence-corrected chi connectivity index (χ4v) is 6.12. The summed E-state index contributed by atoms with van der Waals surface area (Å²) in [6.07, 6.45) is 0.654. The lowest BCUT2D eigenvalue weighted by Crippen LogP contribution is -2.54. The Hall–Kier alpha value is -1.78. The van der Waals surface area contributed by atoms with E-state index >= 15 is 0 Å². The molecule has 2 heterocycles. The molecule has 7 nitrogen and oxygen atoms in total. The van der Waals surface area contributed by atoms with Crippen LogP contribution in [0.1, 0.15) is 29.2 Å². The molecule has 0 radical (unpaired) electrons. The van der Waals surface area contributed by atoms with Gasteiger partial charge in [0.15, 0.2) is 0 Å². The average molecular weight is 507 g/mol. The van der Waals surface area contributed by atoms with Crippen LogP contribution >= 0.6 is 15.9 Å². The van der Waals surface area contributed by atoms with E-state index in [0.717, 1.165) is 21.2 Å². The van der Waals surface area contributed by atoms with Crippen LogP contribution < -0.4 is 10.9 Å². The Labute approximate surface area is 192 Å². The Morgan fingerprint density at radius 1 is 1.00 bits per heavy atom. The number of amides is 1. The fraction of sp³-hybridized carbons (Fsp3) is 0.409. The first-order chi connectivity index (χ1) is 14.8. The van der Waals surface area contributed by atoms with Gasteiger partial charge in [0, 0.05) is 36.7 Å². The van der Waals surface area contributed by atoms with Crippen molar-refractivity contribution in [3.05, 3.63) is 63.6 Å². The summed E-state index contributed by atoms with van der Waals surface area (Å²) >= 11 is 3.44. The van der Waals surface area contributed by atoms with E-state index < -0.39 is 10.0 Å². The monoisotopic (exact) mass is 506 g/mol. The molecule has 2 unspecified atom stereocenters. The van der Waals surface area contributed by atoms with Crippen LogP contribution in [-0.4, -0.2) is 55.8 Å². The number of halogens is 1. The maximum absolute atomic E-state index is 13.1. The highest BCUT2D eigenvalue weighted by Crippen LogP contribution is 2.26. The van der Waals surface area contributed by atoms with Gasteiger partial charge in [0.2, 0.25) is 15.9 Å². The topological polar surface area (TPSA) is 81.8 Å². The number of hydrogen-bond donors (Lipinski definition) is 2. The van der Waals surface area contributed by atoms with Crippen molar-refractivity contribution in [1.29, 1.82) is 0 Å². The molecule has 2 aliphatic heterocycles. The second-order valence-electron chi connectivity index (χ2n) is 8.18. The van der Waals surface area contributed by atoms with E-state index in [4.69, 9.17) is 0 Å². The Kier molecular flexibility index (Phi) is 6.50. The predicted molar refractivity (Wildman–Crippen MR) is 123 cm³/mol. The van der Waals surface area contributed by atoms with Crippen LogP contribution in [0.4, 0.5) is 0 Å². The molecule has 0 spiro atoms. The molecule has 4 rings (SSSR count). The highest BCUT2D eigenvalue weighted by Gasteiger charge is 2.36. The SMILES string of the molecule is Cc1ccc(S(=O)(=O)N2CCN(C(=O)C3CC(c4ccc(Br)cc4)NN3)CC2)c(C)c1. The van der Waals surface area contributed by atoms with Crippen LogP contribution in [-0.2, 0) is 14.8 Å². The maximum Gasteiger partial charge on any atom is 0.243 e. The summed E-state index contributed by atoms with van der Waals surface area (Å²) in [5.41, 5.74) is 9.22. The van der Waals surface area contributed by atoms with Gasteiger partial charge in [-0.25, -0.2) is 19.3 Å². The molecule has 166 valence electrons. The van der Waals surface area contributed by atoms with Gasteiger partial charge in [0.25, 0.3) is 0 Å². The van der Waals surface area contributed by atoms with Crippen molar-refractivity contribution in [1.82, 2.24) is 20.1 Å². The van der Waals surface area contributed by atoms with Crippen LogP contribution in [0, 0.1) is 13.8 Å². The minimum absolute atomic E-state index is 0.00989. The van der Waals surface area contributed by atoms with E-state index in [9.17, 15) is 13.2 Å². The lowest BCUT2D eigenvalue weighted by molar-refractivity contribution is -0.134. The highest BCUT2D eigenvalue weighted by atomic mass is 79.9. The third-order valence-corrected chi connectivity index (χ3v) is 8.56.